The van der Waals surface area contributed by atoms with Crippen molar-refractivity contribution >= 4 is 29.6 Å². The van der Waals surface area contributed by atoms with Crippen LogP contribution < -0.4 is 20.2 Å². The van der Waals surface area contributed by atoms with Crippen LogP contribution >= 0.6 is 11.6 Å². The molecule has 2 rings (SSSR count). The lowest BCUT2D eigenvalue weighted by Gasteiger charge is -2.07. The molecule has 0 aliphatic heterocycles. The predicted molar refractivity (Wildman–Crippen MR) is 103 cm³/mol. The average molecular weight is 390 g/mol. The molecule has 27 heavy (non-hydrogen) atoms. The normalized spacial score (nSPS) is 10.5. The van der Waals surface area contributed by atoms with E-state index in [1.807, 2.05) is 12.1 Å². The molecule has 2 N–H and O–H groups in total. The third-order valence-electron chi connectivity index (χ3n) is 3.61. The number of nitrogens with one attached hydrogen (secondary N) is 2. The number of hydrogen-bond acceptors (Lipinski definition) is 5. The Morgan fingerprint density at radius 3 is 2.41 bits per heavy atom. The second kappa shape index (κ2) is 10.2. The number of nitrogens with zero attached hydrogens (tertiary/aromatic N) is 1. The SMILES string of the molecule is COc1ccc(C=NNC(=O)C(=O)NCCc2ccc(Cl)cc2)cc1OC. The summed E-state index contributed by atoms with van der Waals surface area (Å²) in [5.74, 6) is -0.484. The molecule has 2 aromatic carbocycles. The zero-order valence-corrected chi connectivity index (χ0v) is 15.7. The van der Waals surface area contributed by atoms with Crippen LogP contribution in [0, 0.1) is 0 Å². The van der Waals surface area contributed by atoms with Crippen LogP contribution in [0.1, 0.15) is 11.1 Å². The van der Waals surface area contributed by atoms with E-state index in [2.05, 4.69) is 15.8 Å². The molecule has 0 bridgehead atoms. The van der Waals surface area contributed by atoms with Crippen molar-refractivity contribution in [3.8, 4) is 11.5 Å². The van der Waals surface area contributed by atoms with Crippen molar-refractivity contribution in [2.45, 2.75) is 6.42 Å². The van der Waals surface area contributed by atoms with Gasteiger partial charge in [-0.3, -0.25) is 9.59 Å². The molecule has 0 unspecified atom stereocenters. The standard InChI is InChI=1S/C19H20ClN3O4/c1-26-16-8-5-14(11-17(16)27-2)12-22-23-19(25)18(24)21-10-9-13-3-6-15(20)7-4-13/h3-8,11-12H,9-10H2,1-2H3,(H,21,24)(H,23,25). The van der Waals surface area contributed by atoms with E-state index in [1.165, 1.54) is 20.4 Å². The third-order valence-corrected chi connectivity index (χ3v) is 3.86. The summed E-state index contributed by atoms with van der Waals surface area (Å²) in [6.45, 7) is 0.327. The largest absolute Gasteiger partial charge is 0.493 e. The van der Waals surface area contributed by atoms with Crippen molar-refractivity contribution in [3.05, 3.63) is 58.6 Å². The second-order valence-electron chi connectivity index (χ2n) is 5.45. The van der Waals surface area contributed by atoms with Crippen LogP contribution in [0.5, 0.6) is 11.5 Å². The Morgan fingerprint density at radius 1 is 1.04 bits per heavy atom. The molecule has 7 nitrogen and oxygen atoms in total. The number of hydrogen-bond donors (Lipinski definition) is 2. The van der Waals surface area contributed by atoms with E-state index in [-0.39, 0.29) is 0 Å². The number of carbonyl (C=O) groups excluding carboxylic acids is 2. The van der Waals surface area contributed by atoms with Gasteiger partial charge in [-0.15, -0.1) is 0 Å². The third kappa shape index (κ3) is 6.31. The molecule has 0 aliphatic rings. The highest BCUT2D eigenvalue weighted by molar-refractivity contribution is 6.35. The number of ether oxygens (including phenoxy) is 2. The summed E-state index contributed by atoms with van der Waals surface area (Å²) in [5, 5.41) is 6.95. The summed E-state index contributed by atoms with van der Waals surface area (Å²) in [7, 11) is 3.06. The maximum absolute atomic E-state index is 11.8. The molecule has 2 amide bonds. The lowest BCUT2D eigenvalue weighted by Crippen LogP contribution is -2.38. The number of hydrazone groups is 1. The second-order valence-corrected chi connectivity index (χ2v) is 5.88. The van der Waals surface area contributed by atoms with Crippen LogP contribution in [0.25, 0.3) is 0 Å². The van der Waals surface area contributed by atoms with Crippen molar-refractivity contribution in [2.24, 2.45) is 5.10 Å². The molecule has 0 aromatic heterocycles. The number of amides is 2. The lowest BCUT2D eigenvalue weighted by molar-refractivity contribution is -0.139. The molecular weight excluding hydrogens is 370 g/mol. The van der Waals surface area contributed by atoms with Crippen LogP contribution in [0.3, 0.4) is 0 Å². The van der Waals surface area contributed by atoms with Gasteiger partial charge in [-0.25, -0.2) is 5.43 Å². The first kappa shape index (κ1) is 20.3. The first-order valence-corrected chi connectivity index (χ1v) is 8.49. The Balaban J connectivity index is 1.79. The first-order valence-electron chi connectivity index (χ1n) is 8.11. The number of benzene rings is 2. The zero-order chi connectivity index (χ0) is 19.6. The van der Waals surface area contributed by atoms with Gasteiger partial charge in [0.2, 0.25) is 0 Å². The number of halogens is 1. The first-order chi connectivity index (χ1) is 13.0. The van der Waals surface area contributed by atoms with Crippen LogP contribution in [0.4, 0.5) is 0 Å². The van der Waals surface area contributed by atoms with Gasteiger partial charge in [-0.1, -0.05) is 23.7 Å². The molecule has 2 aromatic rings. The minimum absolute atomic E-state index is 0.327. The number of methoxy groups -OCH3 is 2. The fourth-order valence-corrected chi connectivity index (χ4v) is 2.33. The van der Waals surface area contributed by atoms with Crippen LogP contribution in [-0.2, 0) is 16.0 Å². The predicted octanol–water partition coefficient (Wildman–Crippen LogP) is 2.17. The Kier molecular flexibility index (Phi) is 7.63. The Bertz CT molecular complexity index is 822. The maximum atomic E-state index is 11.8. The fourth-order valence-electron chi connectivity index (χ4n) is 2.20. The summed E-state index contributed by atoms with van der Waals surface area (Å²) in [5.41, 5.74) is 3.87. The van der Waals surface area contributed by atoms with Crippen molar-refractivity contribution < 1.29 is 19.1 Å². The van der Waals surface area contributed by atoms with E-state index < -0.39 is 11.8 Å². The van der Waals surface area contributed by atoms with Gasteiger partial charge in [-0.2, -0.15) is 5.10 Å². The van der Waals surface area contributed by atoms with Crippen molar-refractivity contribution in [3.63, 3.8) is 0 Å². The molecule has 8 heteroatoms. The van der Waals surface area contributed by atoms with Crippen molar-refractivity contribution in [1.82, 2.24) is 10.7 Å². The van der Waals surface area contributed by atoms with Crippen molar-refractivity contribution in [2.75, 3.05) is 20.8 Å². The minimum atomic E-state index is -0.845. The summed E-state index contributed by atoms with van der Waals surface area (Å²) < 4.78 is 10.3. The van der Waals surface area contributed by atoms with Gasteiger partial charge in [0.15, 0.2) is 11.5 Å². The van der Waals surface area contributed by atoms with Gasteiger partial charge in [0, 0.05) is 11.6 Å². The summed E-state index contributed by atoms with van der Waals surface area (Å²) in [6.07, 6.45) is 1.99. The molecular formula is C19H20ClN3O4. The Hall–Kier alpha value is -3.06. The minimum Gasteiger partial charge on any atom is -0.493 e. The molecule has 0 spiro atoms. The smallest absolute Gasteiger partial charge is 0.329 e. The highest BCUT2D eigenvalue weighted by Gasteiger charge is 2.11. The monoisotopic (exact) mass is 389 g/mol. The van der Waals surface area contributed by atoms with E-state index in [1.54, 1.807) is 30.3 Å². The number of rotatable bonds is 7. The van der Waals surface area contributed by atoms with Gasteiger partial charge in [-0.05, 0) is 47.9 Å². The van der Waals surface area contributed by atoms with Gasteiger partial charge in [0.25, 0.3) is 0 Å². The van der Waals surface area contributed by atoms with Gasteiger partial charge in [0.05, 0.1) is 20.4 Å². The zero-order valence-electron chi connectivity index (χ0n) is 15.0. The molecule has 0 atom stereocenters. The fraction of sp³-hybridized carbons (Fsp3) is 0.211. The average Bonchev–Trinajstić information content (AvgIpc) is 2.69. The van der Waals surface area contributed by atoms with Crippen molar-refractivity contribution in [1.29, 1.82) is 0 Å². The van der Waals surface area contributed by atoms with E-state index in [0.717, 1.165) is 5.56 Å². The summed E-state index contributed by atoms with van der Waals surface area (Å²) in [4.78, 5) is 23.5. The molecule has 0 saturated carbocycles. The molecule has 142 valence electrons. The summed E-state index contributed by atoms with van der Waals surface area (Å²) in [6, 6.07) is 12.4. The van der Waals surface area contributed by atoms with Crippen LogP contribution in [0.15, 0.2) is 47.6 Å². The van der Waals surface area contributed by atoms with Gasteiger partial charge in [0.1, 0.15) is 0 Å². The Morgan fingerprint density at radius 2 is 1.74 bits per heavy atom. The molecule has 0 heterocycles. The molecule has 0 aliphatic carbocycles. The van der Waals surface area contributed by atoms with E-state index in [4.69, 9.17) is 21.1 Å². The van der Waals surface area contributed by atoms with Gasteiger partial charge < -0.3 is 14.8 Å². The lowest BCUT2D eigenvalue weighted by atomic mass is 10.1. The molecule has 0 radical (unpaired) electrons. The van der Waals surface area contributed by atoms with E-state index >= 15 is 0 Å². The van der Waals surface area contributed by atoms with Crippen LogP contribution in [0.2, 0.25) is 5.02 Å². The quantitative estimate of drug-likeness (QED) is 0.431. The van der Waals surface area contributed by atoms with Gasteiger partial charge >= 0.3 is 11.8 Å². The maximum Gasteiger partial charge on any atom is 0.329 e. The highest BCUT2D eigenvalue weighted by atomic mass is 35.5. The topological polar surface area (TPSA) is 89.0 Å². The van der Waals surface area contributed by atoms with Crippen LogP contribution in [-0.4, -0.2) is 38.8 Å². The van der Waals surface area contributed by atoms with E-state index in [9.17, 15) is 9.59 Å². The van der Waals surface area contributed by atoms with E-state index in [0.29, 0.717) is 35.1 Å². The summed E-state index contributed by atoms with van der Waals surface area (Å²) >= 11 is 5.81. The molecule has 0 fully saturated rings. The Labute approximate surface area is 162 Å². The highest BCUT2D eigenvalue weighted by Crippen LogP contribution is 2.26. The number of carbonyl (C=O) groups is 2. The molecule has 0 saturated heterocycles.